The summed E-state index contributed by atoms with van der Waals surface area (Å²) in [5.74, 6) is -0.726. The standard InChI is InChI=1S/C19H17FN2O4S/c1-26-15-8-6-14(7-9-15)22-18(24)10-16(19(22)25)27-11-17(23)21-13-4-2-12(20)3-5-13/h2-9,16H,10-11H2,1H3,(H,21,23). The predicted octanol–water partition coefficient (Wildman–Crippen LogP) is 2.84. The van der Waals surface area contributed by atoms with Crippen molar-refractivity contribution in [2.24, 2.45) is 0 Å². The van der Waals surface area contributed by atoms with Crippen LogP contribution in [0.25, 0.3) is 0 Å². The second kappa shape index (κ2) is 8.22. The Balaban J connectivity index is 1.57. The zero-order valence-corrected chi connectivity index (χ0v) is 15.3. The molecular weight excluding hydrogens is 371 g/mol. The molecule has 6 nitrogen and oxygen atoms in total. The lowest BCUT2D eigenvalue weighted by molar-refractivity contribution is -0.121. The molecule has 1 unspecified atom stereocenters. The molecule has 140 valence electrons. The molecule has 2 aromatic rings. The van der Waals surface area contributed by atoms with Crippen molar-refractivity contribution in [2.75, 3.05) is 23.1 Å². The van der Waals surface area contributed by atoms with Gasteiger partial charge in [-0.3, -0.25) is 14.4 Å². The first kappa shape index (κ1) is 18.9. The molecule has 1 atom stereocenters. The number of imide groups is 1. The molecule has 1 aliphatic heterocycles. The average molecular weight is 388 g/mol. The number of ether oxygens (including phenoxy) is 1. The summed E-state index contributed by atoms with van der Waals surface area (Å²) in [6.07, 6.45) is 0.0410. The van der Waals surface area contributed by atoms with Gasteiger partial charge in [-0.05, 0) is 48.5 Å². The van der Waals surface area contributed by atoms with Crippen molar-refractivity contribution in [1.82, 2.24) is 0 Å². The molecule has 0 aliphatic carbocycles. The number of thioether (sulfide) groups is 1. The van der Waals surface area contributed by atoms with Crippen LogP contribution in [0.5, 0.6) is 5.75 Å². The quantitative estimate of drug-likeness (QED) is 0.770. The van der Waals surface area contributed by atoms with Crippen LogP contribution in [-0.4, -0.2) is 35.8 Å². The van der Waals surface area contributed by atoms with E-state index in [0.717, 1.165) is 16.7 Å². The fourth-order valence-electron chi connectivity index (χ4n) is 2.64. The maximum Gasteiger partial charge on any atom is 0.247 e. The minimum atomic E-state index is -0.612. The van der Waals surface area contributed by atoms with Crippen LogP contribution < -0.4 is 15.0 Å². The summed E-state index contributed by atoms with van der Waals surface area (Å²) in [4.78, 5) is 37.9. The lowest BCUT2D eigenvalue weighted by atomic mass is 10.3. The number of nitrogens with one attached hydrogen (secondary N) is 1. The number of nitrogens with zero attached hydrogens (tertiary/aromatic N) is 1. The van der Waals surface area contributed by atoms with E-state index in [9.17, 15) is 18.8 Å². The minimum absolute atomic E-state index is 0.0114. The third-order valence-electron chi connectivity index (χ3n) is 3.98. The summed E-state index contributed by atoms with van der Waals surface area (Å²) >= 11 is 1.11. The third-order valence-corrected chi connectivity index (χ3v) is 5.18. The number of benzene rings is 2. The van der Waals surface area contributed by atoms with Gasteiger partial charge in [-0.15, -0.1) is 11.8 Å². The van der Waals surface area contributed by atoms with Crippen LogP contribution >= 0.6 is 11.8 Å². The monoisotopic (exact) mass is 388 g/mol. The number of rotatable bonds is 6. The maximum atomic E-state index is 12.9. The van der Waals surface area contributed by atoms with Gasteiger partial charge in [-0.2, -0.15) is 0 Å². The molecular formula is C19H17FN2O4S. The van der Waals surface area contributed by atoms with Crippen LogP contribution in [0.3, 0.4) is 0 Å². The van der Waals surface area contributed by atoms with E-state index >= 15 is 0 Å². The van der Waals surface area contributed by atoms with Gasteiger partial charge in [-0.1, -0.05) is 0 Å². The highest BCUT2D eigenvalue weighted by atomic mass is 32.2. The van der Waals surface area contributed by atoms with Crippen LogP contribution in [0.1, 0.15) is 6.42 Å². The Morgan fingerprint density at radius 3 is 2.48 bits per heavy atom. The fourth-order valence-corrected chi connectivity index (χ4v) is 3.58. The first-order valence-electron chi connectivity index (χ1n) is 8.16. The maximum absolute atomic E-state index is 12.9. The van der Waals surface area contributed by atoms with Gasteiger partial charge in [0.15, 0.2) is 0 Å². The van der Waals surface area contributed by atoms with Gasteiger partial charge in [0.1, 0.15) is 11.6 Å². The van der Waals surface area contributed by atoms with Crippen molar-refractivity contribution in [1.29, 1.82) is 0 Å². The van der Waals surface area contributed by atoms with Crippen molar-refractivity contribution < 1.29 is 23.5 Å². The molecule has 0 saturated carbocycles. The lowest BCUT2D eigenvalue weighted by Crippen LogP contribution is -2.31. The molecule has 1 fully saturated rings. The molecule has 3 amide bonds. The molecule has 27 heavy (non-hydrogen) atoms. The molecule has 2 aromatic carbocycles. The summed E-state index contributed by atoms with van der Waals surface area (Å²) in [6, 6.07) is 12.0. The Bertz CT molecular complexity index is 855. The van der Waals surface area contributed by atoms with Crippen molar-refractivity contribution in [3.05, 3.63) is 54.3 Å². The smallest absolute Gasteiger partial charge is 0.247 e. The topological polar surface area (TPSA) is 75.7 Å². The highest BCUT2D eigenvalue weighted by Gasteiger charge is 2.40. The normalized spacial score (nSPS) is 16.5. The average Bonchev–Trinajstić information content (AvgIpc) is 2.95. The molecule has 8 heteroatoms. The van der Waals surface area contributed by atoms with Gasteiger partial charge in [0.05, 0.1) is 23.8 Å². The summed E-state index contributed by atoms with van der Waals surface area (Å²) in [7, 11) is 1.53. The number of hydrogen-bond donors (Lipinski definition) is 1. The highest BCUT2D eigenvalue weighted by Crippen LogP contribution is 2.30. The zero-order valence-electron chi connectivity index (χ0n) is 14.5. The van der Waals surface area contributed by atoms with Gasteiger partial charge in [-0.25, -0.2) is 9.29 Å². The number of hydrogen-bond acceptors (Lipinski definition) is 5. The Labute approximate surface area is 159 Å². The molecule has 0 spiro atoms. The largest absolute Gasteiger partial charge is 0.497 e. The summed E-state index contributed by atoms with van der Waals surface area (Å²) in [5.41, 5.74) is 0.945. The SMILES string of the molecule is COc1ccc(N2C(=O)CC(SCC(=O)Nc3ccc(F)cc3)C2=O)cc1. The van der Waals surface area contributed by atoms with Gasteiger partial charge >= 0.3 is 0 Å². The zero-order chi connectivity index (χ0) is 19.4. The van der Waals surface area contributed by atoms with Crippen LogP contribution in [0, 0.1) is 5.82 Å². The molecule has 1 aliphatic rings. The first-order chi connectivity index (χ1) is 13.0. The molecule has 1 N–H and O–H groups in total. The second-order valence-corrected chi connectivity index (χ2v) is 7.02. The summed E-state index contributed by atoms with van der Waals surface area (Å²) in [5, 5.41) is 2.01. The van der Waals surface area contributed by atoms with Crippen LogP contribution in [0.2, 0.25) is 0 Å². The molecule has 0 aromatic heterocycles. The number of methoxy groups -OCH3 is 1. The molecule has 0 radical (unpaired) electrons. The van der Waals surface area contributed by atoms with E-state index < -0.39 is 11.1 Å². The number of anilines is 2. The third kappa shape index (κ3) is 4.46. The van der Waals surface area contributed by atoms with Crippen molar-refractivity contribution in [2.45, 2.75) is 11.7 Å². The Hall–Kier alpha value is -2.87. The second-order valence-electron chi connectivity index (χ2n) is 5.82. The van der Waals surface area contributed by atoms with Crippen molar-refractivity contribution >= 4 is 40.9 Å². The summed E-state index contributed by atoms with van der Waals surface area (Å²) < 4.78 is 17.9. The van der Waals surface area contributed by atoms with Crippen LogP contribution in [0.4, 0.5) is 15.8 Å². The number of halogens is 1. The van der Waals surface area contributed by atoms with E-state index in [2.05, 4.69) is 5.32 Å². The van der Waals surface area contributed by atoms with E-state index in [-0.39, 0.29) is 29.9 Å². The van der Waals surface area contributed by atoms with Gasteiger partial charge in [0, 0.05) is 12.1 Å². The van der Waals surface area contributed by atoms with E-state index in [0.29, 0.717) is 17.1 Å². The van der Waals surface area contributed by atoms with Crippen LogP contribution in [-0.2, 0) is 14.4 Å². The highest BCUT2D eigenvalue weighted by molar-refractivity contribution is 8.01. The lowest BCUT2D eigenvalue weighted by Gasteiger charge is -2.15. The summed E-state index contributed by atoms with van der Waals surface area (Å²) in [6.45, 7) is 0. The van der Waals surface area contributed by atoms with E-state index in [1.165, 1.54) is 31.4 Å². The number of carbonyl (C=O) groups excluding carboxylic acids is 3. The Morgan fingerprint density at radius 1 is 1.19 bits per heavy atom. The van der Waals surface area contributed by atoms with E-state index in [4.69, 9.17) is 4.74 Å². The number of amides is 3. The predicted molar refractivity (Wildman–Crippen MR) is 101 cm³/mol. The molecule has 3 rings (SSSR count). The van der Waals surface area contributed by atoms with Crippen LogP contribution in [0.15, 0.2) is 48.5 Å². The van der Waals surface area contributed by atoms with Gasteiger partial charge in [0.25, 0.3) is 0 Å². The van der Waals surface area contributed by atoms with E-state index in [1.807, 2.05) is 0 Å². The van der Waals surface area contributed by atoms with Crippen molar-refractivity contribution in [3.8, 4) is 5.75 Å². The first-order valence-corrected chi connectivity index (χ1v) is 9.20. The minimum Gasteiger partial charge on any atom is -0.497 e. The Kier molecular flexibility index (Phi) is 5.75. The molecule has 0 bridgehead atoms. The van der Waals surface area contributed by atoms with Gasteiger partial charge < -0.3 is 10.1 Å². The molecule has 1 heterocycles. The van der Waals surface area contributed by atoms with Gasteiger partial charge in [0.2, 0.25) is 17.7 Å². The number of carbonyl (C=O) groups is 3. The fraction of sp³-hybridized carbons (Fsp3) is 0.211. The van der Waals surface area contributed by atoms with Crippen molar-refractivity contribution in [3.63, 3.8) is 0 Å². The molecule has 1 saturated heterocycles. The van der Waals surface area contributed by atoms with E-state index in [1.54, 1.807) is 24.3 Å². The Morgan fingerprint density at radius 2 is 1.85 bits per heavy atom.